The van der Waals surface area contributed by atoms with Crippen molar-refractivity contribution < 1.29 is 9.53 Å². The zero-order valence-corrected chi connectivity index (χ0v) is 12.3. The molecule has 1 aliphatic carbocycles. The monoisotopic (exact) mass is 293 g/mol. The van der Waals surface area contributed by atoms with Crippen molar-refractivity contribution in [3.05, 3.63) is 35.9 Å². The van der Waals surface area contributed by atoms with Gasteiger partial charge in [-0.15, -0.1) is 0 Å². The number of carbonyl (C=O) groups is 1. The van der Waals surface area contributed by atoms with Gasteiger partial charge < -0.3 is 4.74 Å². The van der Waals surface area contributed by atoms with Gasteiger partial charge in [0.25, 0.3) is 0 Å². The van der Waals surface area contributed by atoms with Gasteiger partial charge in [-0.2, -0.15) is 0 Å². The lowest BCUT2D eigenvalue weighted by molar-refractivity contribution is -0.149. The first-order valence-electron chi connectivity index (χ1n) is 7.40. The molecule has 0 bridgehead atoms. The van der Waals surface area contributed by atoms with Crippen LogP contribution in [-0.4, -0.2) is 22.5 Å². The zero-order valence-electron chi connectivity index (χ0n) is 11.5. The van der Waals surface area contributed by atoms with Gasteiger partial charge in [0.1, 0.15) is 12.6 Å². The van der Waals surface area contributed by atoms with E-state index in [1.54, 1.807) is 4.42 Å². The molecule has 3 atom stereocenters. The van der Waals surface area contributed by atoms with Crippen molar-refractivity contribution in [2.75, 3.05) is 0 Å². The van der Waals surface area contributed by atoms with Crippen LogP contribution in [0, 0.1) is 5.92 Å². The van der Waals surface area contributed by atoms with E-state index in [1.165, 1.54) is 19.3 Å². The average molecular weight is 294 g/mol. The number of carbonyl (C=O) groups excluding carboxylic acids is 1. The van der Waals surface area contributed by atoms with Crippen molar-refractivity contribution in [3.8, 4) is 0 Å². The second-order valence-corrected chi connectivity index (χ2v) is 6.19. The van der Waals surface area contributed by atoms with E-state index in [0.717, 1.165) is 18.4 Å². The second-order valence-electron chi connectivity index (χ2n) is 5.80. The van der Waals surface area contributed by atoms with E-state index >= 15 is 0 Å². The maximum absolute atomic E-state index is 12.2. The molecule has 0 amide bonds. The summed E-state index contributed by atoms with van der Waals surface area (Å²) in [7, 11) is 0. The third-order valence-corrected chi connectivity index (χ3v) is 4.99. The number of hydrogen-bond acceptors (Lipinski definition) is 3. The molecule has 0 N–H and O–H groups in total. The van der Waals surface area contributed by atoms with E-state index in [9.17, 15) is 4.79 Å². The molecule has 1 saturated heterocycles. The Morgan fingerprint density at radius 2 is 2.00 bits per heavy atom. The summed E-state index contributed by atoms with van der Waals surface area (Å²) in [5, 5.41) is 0. The van der Waals surface area contributed by atoms with Crippen LogP contribution >= 0.6 is 11.8 Å². The Hall–Kier alpha value is -1.06. The number of nitrogens with zero attached hydrogens (tertiary/aromatic N) is 1. The van der Waals surface area contributed by atoms with E-state index in [0.29, 0.717) is 18.6 Å². The maximum atomic E-state index is 12.2. The minimum Gasteiger partial charge on any atom is -0.460 e. The van der Waals surface area contributed by atoms with Gasteiger partial charge in [0.2, 0.25) is 0 Å². The first-order chi connectivity index (χ1) is 9.75. The molecule has 1 saturated carbocycles. The number of rotatable bonds is 3. The molecule has 3 rings (SSSR count). The van der Waals surface area contributed by atoms with Gasteiger partial charge >= 0.3 is 5.97 Å². The third-order valence-electron chi connectivity index (χ3n) is 4.51. The topological polar surface area (TPSA) is 29.5 Å². The molecular formula is C16H20ClNO2. The molecule has 4 heteroatoms. The Kier molecular flexibility index (Phi) is 4.27. The standard InChI is InChI=1S/C16H20ClNO2/c17-18-14-9-5-4-8-13(14)10-15(18)16(19)20-11-12-6-2-1-3-7-12/h1-3,6-7,13-15H,4-5,8-11H2/t13?,14?,15-/m0/s1. The smallest absolute Gasteiger partial charge is 0.325 e. The van der Waals surface area contributed by atoms with Gasteiger partial charge in [0.05, 0.1) is 0 Å². The molecule has 0 spiro atoms. The summed E-state index contributed by atoms with van der Waals surface area (Å²) in [6, 6.07) is 9.85. The summed E-state index contributed by atoms with van der Waals surface area (Å²) in [6.07, 6.45) is 5.63. The van der Waals surface area contributed by atoms with Crippen molar-refractivity contribution >= 4 is 17.7 Å². The number of halogens is 1. The van der Waals surface area contributed by atoms with Crippen LogP contribution in [0.15, 0.2) is 30.3 Å². The largest absolute Gasteiger partial charge is 0.460 e. The van der Waals surface area contributed by atoms with Crippen LogP contribution in [-0.2, 0) is 16.1 Å². The Morgan fingerprint density at radius 1 is 1.25 bits per heavy atom. The molecule has 3 nitrogen and oxygen atoms in total. The highest BCUT2D eigenvalue weighted by Crippen LogP contribution is 2.41. The molecule has 0 radical (unpaired) electrons. The SMILES string of the molecule is O=C(OCc1ccccc1)[C@@H]1CC2CCCCC2N1Cl. The van der Waals surface area contributed by atoms with Gasteiger partial charge in [0.15, 0.2) is 0 Å². The lowest BCUT2D eigenvalue weighted by Gasteiger charge is -2.27. The predicted octanol–water partition coefficient (Wildman–Crippen LogP) is 3.52. The molecule has 1 heterocycles. The van der Waals surface area contributed by atoms with E-state index in [2.05, 4.69) is 0 Å². The molecular weight excluding hydrogens is 274 g/mol. The molecule has 20 heavy (non-hydrogen) atoms. The summed E-state index contributed by atoms with van der Waals surface area (Å²) in [5.74, 6) is 0.383. The van der Waals surface area contributed by atoms with Crippen LogP contribution in [0.1, 0.15) is 37.7 Å². The van der Waals surface area contributed by atoms with Crippen molar-refractivity contribution in [2.45, 2.75) is 50.8 Å². The fraction of sp³-hybridized carbons (Fsp3) is 0.562. The lowest BCUT2D eigenvalue weighted by Crippen LogP contribution is -2.36. The van der Waals surface area contributed by atoms with Crippen LogP contribution in [0.3, 0.4) is 0 Å². The van der Waals surface area contributed by atoms with Gasteiger partial charge in [-0.1, -0.05) is 43.2 Å². The number of ether oxygens (including phenoxy) is 1. The van der Waals surface area contributed by atoms with Crippen molar-refractivity contribution in [2.24, 2.45) is 5.92 Å². The van der Waals surface area contributed by atoms with E-state index < -0.39 is 0 Å². The van der Waals surface area contributed by atoms with Crippen molar-refractivity contribution in [1.82, 2.24) is 4.42 Å². The highest BCUT2D eigenvalue weighted by molar-refractivity contribution is 6.15. The summed E-state index contributed by atoms with van der Waals surface area (Å²) in [6.45, 7) is 0.330. The number of hydrogen-bond donors (Lipinski definition) is 0. The van der Waals surface area contributed by atoms with Crippen LogP contribution in [0.4, 0.5) is 0 Å². The second kappa shape index (κ2) is 6.15. The van der Waals surface area contributed by atoms with Crippen molar-refractivity contribution in [1.29, 1.82) is 0 Å². The summed E-state index contributed by atoms with van der Waals surface area (Å²) >= 11 is 6.36. The first-order valence-corrected chi connectivity index (χ1v) is 7.74. The molecule has 2 unspecified atom stereocenters. The van der Waals surface area contributed by atoms with Crippen molar-refractivity contribution in [3.63, 3.8) is 0 Å². The van der Waals surface area contributed by atoms with Crippen LogP contribution < -0.4 is 0 Å². The fourth-order valence-electron chi connectivity index (χ4n) is 3.43. The Bertz CT molecular complexity index is 465. The maximum Gasteiger partial charge on any atom is 0.325 e. The quantitative estimate of drug-likeness (QED) is 0.631. The molecule has 1 aromatic carbocycles. The van der Waals surface area contributed by atoms with E-state index in [4.69, 9.17) is 16.5 Å². The van der Waals surface area contributed by atoms with Gasteiger partial charge in [-0.25, -0.2) is 4.42 Å². The molecule has 0 aromatic heterocycles. The van der Waals surface area contributed by atoms with E-state index in [-0.39, 0.29) is 12.0 Å². The van der Waals surface area contributed by atoms with Crippen LogP contribution in [0.2, 0.25) is 0 Å². The van der Waals surface area contributed by atoms with Gasteiger partial charge in [0, 0.05) is 6.04 Å². The minimum absolute atomic E-state index is 0.182. The Morgan fingerprint density at radius 3 is 2.75 bits per heavy atom. The molecule has 2 aliphatic rings. The number of benzene rings is 1. The number of fused-ring (bicyclic) bond motifs is 1. The Balaban J connectivity index is 1.57. The van der Waals surface area contributed by atoms with Crippen LogP contribution in [0.25, 0.3) is 0 Å². The Labute approximate surface area is 125 Å². The third kappa shape index (κ3) is 2.84. The van der Waals surface area contributed by atoms with Gasteiger partial charge in [-0.05, 0) is 42.5 Å². The molecule has 108 valence electrons. The summed E-state index contributed by atoms with van der Waals surface area (Å²) < 4.78 is 7.16. The summed E-state index contributed by atoms with van der Waals surface area (Å²) in [5.41, 5.74) is 1.01. The molecule has 1 aliphatic heterocycles. The minimum atomic E-state index is -0.270. The van der Waals surface area contributed by atoms with Gasteiger partial charge in [-0.3, -0.25) is 4.79 Å². The molecule has 2 fully saturated rings. The van der Waals surface area contributed by atoms with Crippen LogP contribution in [0.5, 0.6) is 0 Å². The lowest BCUT2D eigenvalue weighted by atomic mass is 9.85. The highest BCUT2D eigenvalue weighted by Gasteiger charge is 2.45. The average Bonchev–Trinajstić information content (AvgIpc) is 2.84. The fourth-order valence-corrected chi connectivity index (χ4v) is 3.84. The number of esters is 1. The highest BCUT2D eigenvalue weighted by atomic mass is 35.5. The summed E-state index contributed by atoms with van der Waals surface area (Å²) in [4.78, 5) is 12.2. The first kappa shape index (κ1) is 13.9. The predicted molar refractivity (Wildman–Crippen MR) is 78.1 cm³/mol. The normalized spacial score (nSPS) is 29.9. The van der Waals surface area contributed by atoms with E-state index in [1.807, 2.05) is 30.3 Å². The molecule has 1 aromatic rings. The zero-order chi connectivity index (χ0) is 13.9.